The van der Waals surface area contributed by atoms with Crippen molar-refractivity contribution in [1.82, 2.24) is 15.1 Å². The molecule has 0 bridgehead atoms. The van der Waals surface area contributed by atoms with Crippen molar-refractivity contribution in [1.29, 1.82) is 0 Å². The number of rotatable bonds is 2. The van der Waals surface area contributed by atoms with Gasteiger partial charge in [-0.25, -0.2) is 4.98 Å². The SMILES string of the molecule is CC(C)(C)C(N)c1nc(-c2ccc3ccccc3n2)no1. The largest absolute Gasteiger partial charge is 0.337 e. The van der Waals surface area contributed by atoms with E-state index < -0.39 is 0 Å². The Morgan fingerprint density at radius 3 is 2.57 bits per heavy atom. The minimum absolute atomic E-state index is 0.138. The van der Waals surface area contributed by atoms with Crippen LogP contribution in [0.2, 0.25) is 0 Å². The molecule has 1 aromatic carbocycles. The second kappa shape index (κ2) is 4.93. The van der Waals surface area contributed by atoms with Gasteiger partial charge in [-0.15, -0.1) is 0 Å². The van der Waals surface area contributed by atoms with Gasteiger partial charge in [0.15, 0.2) is 0 Å². The number of fused-ring (bicyclic) bond motifs is 1. The number of aromatic nitrogens is 3. The van der Waals surface area contributed by atoms with Crippen LogP contribution in [-0.4, -0.2) is 15.1 Å². The summed E-state index contributed by atoms with van der Waals surface area (Å²) in [5, 5.41) is 5.08. The number of nitrogens with two attached hydrogens (primary N) is 1. The fraction of sp³-hybridized carbons (Fsp3) is 0.312. The van der Waals surface area contributed by atoms with Crippen LogP contribution >= 0.6 is 0 Å². The summed E-state index contributed by atoms with van der Waals surface area (Å²) in [7, 11) is 0. The van der Waals surface area contributed by atoms with Gasteiger partial charge < -0.3 is 10.3 Å². The minimum atomic E-state index is -0.306. The van der Waals surface area contributed by atoms with E-state index in [0.717, 1.165) is 10.9 Å². The molecule has 2 aromatic heterocycles. The minimum Gasteiger partial charge on any atom is -0.337 e. The quantitative estimate of drug-likeness (QED) is 0.780. The molecule has 1 atom stereocenters. The first-order chi connectivity index (χ1) is 9.95. The molecule has 0 amide bonds. The monoisotopic (exact) mass is 282 g/mol. The Bertz CT molecular complexity index is 773. The first-order valence-electron chi connectivity index (χ1n) is 6.90. The lowest BCUT2D eigenvalue weighted by Crippen LogP contribution is -2.26. The molecule has 0 aliphatic carbocycles. The van der Waals surface area contributed by atoms with E-state index in [9.17, 15) is 0 Å². The van der Waals surface area contributed by atoms with Crippen LogP contribution in [0.1, 0.15) is 32.7 Å². The Balaban J connectivity index is 1.98. The predicted octanol–water partition coefficient (Wildman–Crippen LogP) is 3.33. The van der Waals surface area contributed by atoms with Crippen LogP contribution in [0.3, 0.4) is 0 Å². The highest BCUT2D eigenvalue weighted by Gasteiger charge is 2.27. The van der Waals surface area contributed by atoms with Crippen molar-refractivity contribution >= 4 is 10.9 Å². The number of hydrogen-bond acceptors (Lipinski definition) is 5. The average Bonchev–Trinajstić information content (AvgIpc) is 2.94. The maximum Gasteiger partial charge on any atom is 0.244 e. The molecule has 21 heavy (non-hydrogen) atoms. The van der Waals surface area contributed by atoms with Crippen molar-refractivity contribution in [2.24, 2.45) is 11.1 Å². The molecular weight excluding hydrogens is 264 g/mol. The van der Waals surface area contributed by atoms with Crippen molar-refractivity contribution in [2.75, 3.05) is 0 Å². The van der Waals surface area contributed by atoms with Gasteiger partial charge in [-0.3, -0.25) is 0 Å². The summed E-state index contributed by atoms with van der Waals surface area (Å²) in [5.74, 6) is 0.905. The zero-order valence-corrected chi connectivity index (χ0v) is 12.4. The highest BCUT2D eigenvalue weighted by Crippen LogP contribution is 2.30. The van der Waals surface area contributed by atoms with E-state index in [2.05, 4.69) is 15.1 Å². The van der Waals surface area contributed by atoms with Crippen molar-refractivity contribution < 1.29 is 4.52 Å². The van der Waals surface area contributed by atoms with Gasteiger partial charge >= 0.3 is 0 Å². The van der Waals surface area contributed by atoms with Crippen molar-refractivity contribution in [2.45, 2.75) is 26.8 Å². The Morgan fingerprint density at radius 2 is 1.81 bits per heavy atom. The highest BCUT2D eigenvalue weighted by atomic mass is 16.5. The number of nitrogens with zero attached hydrogens (tertiary/aromatic N) is 3. The lowest BCUT2D eigenvalue weighted by Gasteiger charge is -2.23. The van der Waals surface area contributed by atoms with Gasteiger partial charge in [-0.1, -0.05) is 50.2 Å². The summed E-state index contributed by atoms with van der Waals surface area (Å²) in [6.45, 7) is 6.11. The standard InChI is InChI=1S/C16H18N4O/c1-16(2,3)13(17)15-19-14(20-21-15)12-9-8-10-6-4-5-7-11(10)18-12/h4-9,13H,17H2,1-3H3. The fourth-order valence-electron chi connectivity index (χ4n) is 2.03. The molecule has 3 aromatic rings. The molecule has 2 N–H and O–H groups in total. The van der Waals surface area contributed by atoms with Crippen LogP contribution in [-0.2, 0) is 0 Å². The molecular formula is C16H18N4O. The summed E-state index contributed by atoms with van der Waals surface area (Å²) >= 11 is 0. The summed E-state index contributed by atoms with van der Waals surface area (Å²) < 4.78 is 5.29. The molecule has 0 saturated heterocycles. The molecule has 2 heterocycles. The Labute approximate surface area is 123 Å². The molecule has 0 fully saturated rings. The molecule has 0 saturated carbocycles. The summed E-state index contributed by atoms with van der Waals surface area (Å²) in [6, 6.07) is 11.5. The van der Waals surface area contributed by atoms with Crippen molar-refractivity contribution in [3.63, 3.8) is 0 Å². The molecule has 0 radical (unpaired) electrons. The van der Waals surface area contributed by atoms with Crippen molar-refractivity contribution in [3.8, 4) is 11.5 Å². The Morgan fingerprint density at radius 1 is 1.05 bits per heavy atom. The maximum atomic E-state index is 6.14. The molecule has 1 unspecified atom stereocenters. The lowest BCUT2D eigenvalue weighted by molar-refractivity contribution is 0.253. The second-order valence-corrected chi connectivity index (χ2v) is 6.19. The Hall–Kier alpha value is -2.27. The van der Waals surface area contributed by atoms with Crippen LogP contribution in [0.4, 0.5) is 0 Å². The molecule has 0 aliphatic rings. The van der Waals surface area contributed by atoms with Gasteiger partial charge in [0.05, 0.1) is 11.6 Å². The summed E-state index contributed by atoms with van der Waals surface area (Å²) in [6.07, 6.45) is 0. The van der Waals surface area contributed by atoms with E-state index in [1.807, 2.05) is 57.2 Å². The zero-order valence-electron chi connectivity index (χ0n) is 12.4. The van der Waals surface area contributed by atoms with E-state index >= 15 is 0 Å². The van der Waals surface area contributed by atoms with Gasteiger partial charge in [0, 0.05) is 5.39 Å². The number of hydrogen-bond donors (Lipinski definition) is 1. The first kappa shape index (κ1) is 13.7. The van der Waals surface area contributed by atoms with E-state index in [0.29, 0.717) is 17.4 Å². The summed E-state index contributed by atoms with van der Waals surface area (Å²) in [4.78, 5) is 8.94. The number of benzene rings is 1. The third kappa shape index (κ3) is 2.64. The molecule has 5 heteroatoms. The lowest BCUT2D eigenvalue weighted by atomic mass is 9.87. The van der Waals surface area contributed by atoms with E-state index in [4.69, 9.17) is 10.3 Å². The van der Waals surface area contributed by atoms with Gasteiger partial charge in [-0.2, -0.15) is 4.98 Å². The van der Waals surface area contributed by atoms with Gasteiger partial charge in [0.1, 0.15) is 5.69 Å². The molecule has 108 valence electrons. The van der Waals surface area contributed by atoms with Crippen molar-refractivity contribution in [3.05, 3.63) is 42.3 Å². The van der Waals surface area contributed by atoms with Crippen LogP contribution < -0.4 is 5.73 Å². The predicted molar refractivity (Wildman–Crippen MR) is 81.4 cm³/mol. The third-order valence-electron chi connectivity index (χ3n) is 3.47. The van der Waals surface area contributed by atoms with Gasteiger partial charge in [0.25, 0.3) is 0 Å². The average molecular weight is 282 g/mol. The number of pyridine rings is 1. The van der Waals surface area contributed by atoms with E-state index in [1.165, 1.54) is 0 Å². The topological polar surface area (TPSA) is 77.8 Å². The van der Waals surface area contributed by atoms with E-state index in [-0.39, 0.29) is 11.5 Å². The molecule has 5 nitrogen and oxygen atoms in total. The highest BCUT2D eigenvalue weighted by molar-refractivity contribution is 5.80. The Kier molecular flexibility index (Phi) is 3.22. The molecule has 3 rings (SSSR count). The van der Waals surface area contributed by atoms with Gasteiger partial charge in [0.2, 0.25) is 11.7 Å². The molecule has 0 aliphatic heterocycles. The zero-order chi connectivity index (χ0) is 15.0. The normalized spacial score (nSPS) is 13.5. The van der Waals surface area contributed by atoms with E-state index in [1.54, 1.807) is 0 Å². The van der Waals surface area contributed by atoms with Crippen LogP contribution in [0.15, 0.2) is 40.9 Å². The first-order valence-corrected chi connectivity index (χ1v) is 6.90. The second-order valence-electron chi connectivity index (χ2n) is 6.19. The van der Waals surface area contributed by atoms with Crippen LogP contribution in [0.25, 0.3) is 22.4 Å². The smallest absolute Gasteiger partial charge is 0.244 e. The third-order valence-corrected chi connectivity index (χ3v) is 3.47. The van der Waals surface area contributed by atoms with Gasteiger partial charge in [-0.05, 0) is 17.5 Å². The van der Waals surface area contributed by atoms with Crippen LogP contribution in [0.5, 0.6) is 0 Å². The molecule has 0 spiro atoms. The maximum absolute atomic E-state index is 6.14. The number of para-hydroxylation sites is 1. The fourth-order valence-corrected chi connectivity index (χ4v) is 2.03. The summed E-state index contributed by atoms with van der Waals surface area (Å²) in [5.41, 5.74) is 7.59. The van der Waals surface area contributed by atoms with Crippen LogP contribution in [0, 0.1) is 5.41 Å².